The highest BCUT2D eigenvalue weighted by Crippen LogP contribution is 2.33. The summed E-state index contributed by atoms with van der Waals surface area (Å²) in [5.74, 6) is -0.272. The molecule has 2 fully saturated rings. The van der Waals surface area contributed by atoms with Crippen molar-refractivity contribution < 1.29 is 14.7 Å². The van der Waals surface area contributed by atoms with Crippen molar-refractivity contribution in [3.8, 4) is 0 Å². The lowest BCUT2D eigenvalue weighted by Gasteiger charge is -2.26. The van der Waals surface area contributed by atoms with E-state index < -0.39 is 12.0 Å². The lowest BCUT2D eigenvalue weighted by Crippen LogP contribution is -2.44. The number of rotatable bonds is 1. The predicted molar refractivity (Wildman–Crippen MR) is 54.3 cm³/mol. The average molecular weight is 211 g/mol. The summed E-state index contributed by atoms with van der Waals surface area (Å²) in [6, 6.07) is -0.385. The minimum Gasteiger partial charge on any atom is -0.480 e. The van der Waals surface area contributed by atoms with Gasteiger partial charge in [-0.1, -0.05) is 6.92 Å². The minimum absolute atomic E-state index is 0.0363. The van der Waals surface area contributed by atoms with Gasteiger partial charge in [0.05, 0.1) is 0 Å². The van der Waals surface area contributed by atoms with Gasteiger partial charge in [0.2, 0.25) is 5.91 Å². The third-order valence-electron chi connectivity index (χ3n) is 3.60. The van der Waals surface area contributed by atoms with E-state index in [1.165, 1.54) is 0 Å². The Morgan fingerprint density at radius 2 is 2.13 bits per heavy atom. The van der Waals surface area contributed by atoms with Crippen molar-refractivity contribution in [3.05, 3.63) is 0 Å². The highest BCUT2D eigenvalue weighted by Gasteiger charge is 2.42. The maximum atomic E-state index is 11.8. The highest BCUT2D eigenvalue weighted by atomic mass is 16.4. The smallest absolute Gasteiger partial charge is 0.326 e. The Morgan fingerprint density at radius 1 is 1.40 bits per heavy atom. The van der Waals surface area contributed by atoms with Crippen LogP contribution >= 0.6 is 0 Å². The summed E-state index contributed by atoms with van der Waals surface area (Å²) in [6.07, 6.45) is 3.86. The molecule has 2 aliphatic rings. The molecule has 2 aliphatic heterocycles. The van der Waals surface area contributed by atoms with Crippen molar-refractivity contribution in [2.45, 2.75) is 51.1 Å². The molecule has 0 aromatic heterocycles. The van der Waals surface area contributed by atoms with Crippen molar-refractivity contribution in [2.24, 2.45) is 5.92 Å². The summed E-state index contributed by atoms with van der Waals surface area (Å²) >= 11 is 0. The average Bonchev–Trinajstić information content (AvgIpc) is 2.52. The zero-order valence-corrected chi connectivity index (χ0v) is 8.98. The van der Waals surface area contributed by atoms with E-state index in [0.717, 1.165) is 19.3 Å². The second-order valence-electron chi connectivity index (χ2n) is 4.77. The first kappa shape index (κ1) is 10.5. The molecule has 2 saturated heterocycles. The van der Waals surface area contributed by atoms with E-state index in [4.69, 9.17) is 5.11 Å². The van der Waals surface area contributed by atoms with E-state index in [1.54, 1.807) is 4.90 Å². The van der Waals surface area contributed by atoms with Crippen LogP contribution in [0.3, 0.4) is 0 Å². The van der Waals surface area contributed by atoms with Crippen molar-refractivity contribution in [2.75, 3.05) is 0 Å². The second-order valence-corrected chi connectivity index (χ2v) is 4.77. The molecule has 84 valence electrons. The molecule has 0 aromatic rings. The Balaban J connectivity index is 2.19. The number of aliphatic carboxylic acids is 1. The van der Waals surface area contributed by atoms with Gasteiger partial charge in [0.25, 0.3) is 0 Å². The zero-order chi connectivity index (χ0) is 11.0. The molecular formula is C11H17NO3. The van der Waals surface area contributed by atoms with E-state index >= 15 is 0 Å². The summed E-state index contributed by atoms with van der Waals surface area (Å²) < 4.78 is 0. The maximum Gasteiger partial charge on any atom is 0.326 e. The van der Waals surface area contributed by atoms with Crippen LogP contribution in [0.15, 0.2) is 0 Å². The lowest BCUT2D eigenvalue weighted by molar-refractivity contribution is -0.149. The molecule has 1 unspecified atom stereocenters. The van der Waals surface area contributed by atoms with Gasteiger partial charge in [0.15, 0.2) is 0 Å². The number of nitrogens with zero attached hydrogens (tertiary/aromatic N) is 1. The van der Waals surface area contributed by atoms with E-state index in [1.807, 2.05) is 0 Å². The van der Waals surface area contributed by atoms with Crippen LogP contribution in [-0.2, 0) is 9.59 Å². The van der Waals surface area contributed by atoms with Crippen molar-refractivity contribution in [1.29, 1.82) is 0 Å². The third-order valence-corrected chi connectivity index (χ3v) is 3.60. The van der Waals surface area contributed by atoms with Gasteiger partial charge in [-0.05, 0) is 31.6 Å². The van der Waals surface area contributed by atoms with Gasteiger partial charge >= 0.3 is 5.97 Å². The minimum atomic E-state index is -0.847. The fraction of sp³-hybridized carbons (Fsp3) is 0.818. The fourth-order valence-corrected chi connectivity index (χ4v) is 2.82. The molecule has 2 heterocycles. The topological polar surface area (TPSA) is 57.6 Å². The van der Waals surface area contributed by atoms with Crippen molar-refractivity contribution in [1.82, 2.24) is 4.90 Å². The standard InChI is InChI=1S/C11H17NO3/c1-7-2-5-10(13)12-8(6-7)3-4-9(12)11(14)15/h7-9H,2-6H2,1H3,(H,14,15)/t7?,8-,9+/m1/s1. The zero-order valence-electron chi connectivity index (χ0n) is 8.98. The van der Waals surface area contributed by atoms with Crippen LogP contribution in [-0.4, -0.2) is 34.0 Å². The monoisotopic (exact) mass is 211 g/mol. The third kappa shape index (κ3) is 1.85. The van der Waals surface area contributed by atoms with Crippen LogP contribution in [0.5, 0.6) is 0 Å². The van der Waals surface area contributed by atoms with Gasteiger partial charge in [-0.3, -0.25) is 4.79 Å². The Kier molecular flexibility index (Phi) is 2.67. The summed E-state index contributed by atoms with van der Waals surface area (Å²) in [4.78, 5) is 24.5. The fourth-order valence-electron chi connectivity index (χ4n) is 2.82. The first-order valence-electron chi connectivity index (χ1n) is 5.63. The molecule has 4 nitrogen and oxygen atoms in total. The van der Waals surface area contributed by atoms with Crippen LogP contribution < -0.4 is 0 Å². The van der Waals surface area contributed by atoms with Crippen molar-refractivity contribution in [3.63, 3.8) is 0 Å². The van der Waals surface area contributed by atoms with Crippen LogP contribution in [0, 0.1) is 5.92 Å². The maximum absolute atomic E-state index is 11.8. The summed E-state index contributed by atoms with van der Waals surface area (Å²) in [5.41, 5.74) is 0. The summed E-state index contributed by atoms with van der Waals surface area (Å²) in [7, 11) is 0. The molecule has 1 N–H and O–H groups in total. The molecule has 0 radical (unpaired) electrons. The number of carbonyl (C=O) groups is 2. The highest BCUT2D eigenvalue weighted by molar-refractivity contribution is 5.84. The Morgan fingerprint density at radius 3 is 2.80 bits per heavy atom. The molecule has 0 aliphatic carbocycles. The van der Waals surface area contributed by atoms with Crippen LogP contribution in [0.2, 0.25) is 0 Å². The molecule has 0 bridgehead atoms. The van der Waals surface area contributed by atoms with E-state index in [0.29, 0.717) is 18.8 Å². The second kappa shape index (κ2) is 3.83. The summed E-state index contributed by atoms with van der Waals surface area (Å²) in [6.45, 7) is 2.14. The molecular weight excluding hydrogens is 194 g/mol. The number of hydrogen-bond acceptors (Lipinski definition) is 2. The number of carboxylic acid groups (broad SMARTS) is 1. The first-order valence-corrected chi connectivity index (χ1v) is 5.63. The van der Waals surface area contributed by atoms with Gasteiger partial charge in [-0.2, -0.15) is 0 Å². The number of hydrogen-bond donors (Lipinski definition) is 1. The van der Waals surface area contributed by atoms with E-state index in [-0.39, 0.29) is 11.9 Å². The normalized spacial score (nSPS) is 36.2. The molecule has 0 spiro atoms. The van der Waals surface area contributed by atoms with Gasteiger partial charge < -0.3 is 10.0 Å². The number of fused-ring (bicyclic) bond motifs is 1. The van der Waals surface area contributed by atoms with Crippen molar-refractivity contribution >= 4 is 11.9 Å². The molecule has 4 heteroatoms. The summed E-state index contributed by atoms with van der Waals surface area (Å²) in [5, 5.41) is 9.03. The number of carbonyl (C=O) groups excluding carboxylic acids is 1. The molecule has 1 amide bonds. The van der Waals surface area contributed by atoms with Crippen LogP contribution in [0.25, 0.3) is 0 Å². The lowest BCUT2D eigenvalue weighted by atomic mass is 9.98. The molecule has 3 atom stereocenters. The van der Waals surface area contributed by atoms with Gasteiger partial charge in [-0.15, -0.1) is 0 Å². The largest absolute Gasteiger partial charge is 0.480 e. The molecule has 2 rings (SSSR count). The SMILES string of the molecule is CC1CCC(=O)N2[C@H](CC[C@H]2C(=O)O)C1. The number of carboxylic acids is 1. The van der Waals surface area contributed by atoms with Gasteiger partial charge in [0.1, 0.15) is 6.04 Å². The Bertz CT molecular complexity index is 290. The van der Waals surface area contributed by atoms with Gasteiger partial charge in [0, 0.05) is 12.5 Å². The predicted octanol–water partition coefficient (Wildman–Crippen LogP) is 1.25. The molecule has 0 saturated carbocycles. The van der Waals surface area contributed by atoms with E-state index in [9.17, 15) is 9.59 Å². The quantitative estimate of drug-likeness (QED) is 0.710. The Hall–Kier alpha value is -1.06. The van der Waals surface area contributed by atoms with Gasteiger partial charge in [-0.25, -0.2) is 4.79 Å². The van der Waals surface area contributed by atoms with Crippen LogP contribution in [0.1, 0.15) is 39.0 Å². The van der Waals surface area contributed by atoms with E-state index in [2.05, 4.69) is 6.92 Å². The van der Waals surface area contributed by atoms with Crippen LogP contribution in [0.4, 0.5) is 0 Å². The first-order chi connectivity index (χ1) is 7.09. The molecule has 15 heavy (non-hydrogen) atoms. The Labute approximate surface area is 89.3 Å². The molecule has 0 aromatic carbocycles. The number of amides is 1.